The van der Waals surface area contributed by atoms with E-state index in [0.29, 0.717) is 59.7 Å². The molecule has 1 aliphatic rings. The van der Waals surface area contributed by atoms with Crippen LogP contribution in [-0.2, 0) is 4.74 Å². The molecule has 5 nitrogen and oxygen atoms in total. The standard InChI is InChI=1S/C21H19F2N3O2/c1-13-2-4-15(11-18(13)23)25-20-16-10-14(22)3-5-19(16)24-12-17(20)21(27)26-6-8-28-9-7-26/h2-5,10-12H,6-9H2,1H3,(H,24,25). The lowest BCUT2D eigenvalue weighted by Crippen LogP contribution is -2.41. The van der Waals surface area contributed by atoms with Crippen molar-refractivity contribution in [1.29, 1.82) is 0 Å². The molecule has 1 aliphatic heterocycles. The molecule has 1 N–H and O–H groups in total. The minimum atomic E-state index is -0.441. The molecule has 28 heavy (non-hydrogen) atoms. The number of anilines is 2. The van der Waals surface area contributed by atoms with Gasteiger partial charge < -0.3 is 15.0 Å². The minimum absolute atomic E-state index is 0.225. The van der Waals surface area contributed by atoms with Crippen LogP contribution < -0.4 is 5.32 Å². The third-order valence-corrected chi connectivity index (χ3v) is 4.80. The average Bonchev–Trinajstić information content (AvgIpc) is 2.71. The van der Waals surface area contributed by atoms with Crippen molar-refractivity contribution >= 4 is 28.2 Å². The molecule has 1 saturated heterocycles. The van der Waals surface area contributed by atoms with Crippen molar-refractivity contribution in [2.24, 2.45) is 0 Å². The molecule has 1 aromatic heterocycles. The number of ether oxygens (including phenoxy) is 1. The second-order valence-electron chi connectivity index (χ2n) is 6.70. The largest absolute Gasteiger partial charge is 0.378 e. The molecule has 7 heteroatoms. The van der Waals surface area contributed by atoms with Gasteiger partial charge in [-0.05, 0) is 42.8 Å². The minimum Gasteiger partial charge on any atom is -0.378 e. The Labute approximate surface area is 160 Å². The van der Waals surface area contributed by atoms with Gasteiger partial charge in [-0.2, -0.15) is 0 Å². The van der Waals surface area contributed by atoms with Crippen LogP contribution in [0, 0.1) is 18.6 Å². The summed E-state index contributed by atoms with van der Waals surface area (Å²) in [5, 5.41) is 3.56. The molecule has 1 fully saturated rings. The van der Waals surface area contributed by atoms with Crippen LogP contribution in [0.1, 0.15) is 15.9 Å². The molecule has 0 atom stereocenters. The number of amides is 1. The van der Waals surface area contributed by atoms with E-state index >= 15 is 0 Å². The summed E-state index contributed by atoms with van der Waals surface area (Å²) >= 11 is 0. The molecule has 2 heterocycles. The first-order valence-corrected chi connectivity index (χ1v) is 9.01. The zero-order valence-corrected chi connectivity index (χ0v) is 15.3. The molecule has 4 rings (SSSR count). The highest BCUT2D eigenvalue weighted by Crippen LogP contribution is 2.31. The summed E-state index contributed by atoms with van der Waals surface area (Å²) in [6, 6.07) is 8.90. The van der Waals surface area contributed by atoms with Crippen LogP contribution in [0.15, 0.2) is 42.6 Å². The second kappa shape index (κ2) is 7.52. The number of halogens is 2. The van der Waals surface area contributed by atoms with Crippen LogP contribution in [0.5, 0.6) is 0 Å². The monoisotopic (exact) mass is 383 g/mol. The van der Waals surface area contributed by atoms with Gasteiger partial charge in [0.05, 0.1) is 30.0 Å². The molecule has 3 aromatic rings. The van der Waals surface area contributed by atoms with Crippen LogP contribution >= 0.6 is 0 Å². The summed E-state index contributed by atoms with van der Waals surface area (Å²) in [4.78, 5) is 19.1. The predicted molar refractivity (Wildman–Crippen MR) is 103 cm³/mol. The fourth-order valence-electron chi connectivity index (χ4n) is 3.21. The highest BCUT2D eigenvalue weighted by Gasteiger charge is 2.23. The normalized spacial score (nSPS) is 14.3. The Morgan fingerprint density at radius 2 is 1.93 bits per heavy atom. The summed E-state index contributed by atoms with van der Waals surface area (Å²) < 4.78 is 33.2. The topological polar surface area (TPSA) is 54.5 Å². The number of aryl methyl sites for hydroxylation is 1. The Morgan fingerprint density at radius 3 is 2.68 bits per heavy atom. The zero-order chi connectivity index (χ0) is 19.7. The Morgan fingerprint density at radius 1 is 1.14 bits per heavy atom. The van der Waals surface area contributed by atoms with Crippen molar-refractivity contribution in [2.75, 3.05) is 31.6 Å². The summed E-state index contributed by atoms with van der Waals surface area (Å²) in [6.45, 7) is 3.54. The molecule has 0 unspecified atom stereocenters. The van der Waals surface area contributed by atoms with E-state index in [4.69, 9.17) is 4.74 Å². The molecule has 0 radical (unpaired) electrons. The molecule has 0 saturated carbocycles. The van der Waals surface area contributed by atoms with E-state index in [-0.39, 0.29) is 11.7 Å². The molecule has 0 spiro atoms. The fourth-order valence-corrected chi connectivity index (χ4v) is 3.21. The van der Waals surface area contributed by atoms with Crippen LogP contribution in [0.3, 0.4) is 0 Å². The van der Waals surface area contributed by atoms with Crippen molar-refractivity contribution in [3.63, 3.8) is 0 Å². The van der Waals surface area contributed by atoms with Crippen molar-refractivity contribution in [3.8, 4) is 0 Å². The van der Waals surface area contributed by atoms with E-state index < -0.39 is 5.82 Å². The number of morpholine rings is 1. The first-order chi connectivity index (χ1) is 13.5. The van der Waals surface area contributed by atoms with E-state index in [1.165, 1.54) is 24.4 Å². The van der Waals surface area contributed by atoms with E-state index in [9.17, 15) is 13.6 Å². The summed E-state index contributed by atoms with van der Waals surface area (Å²) in [7, 11) is 0. The maximum absolute atomic E-state index is 14.0. The molecular weight excluding hydrogens is 364 g/mol. The van der Waals surface area contributed by atoms with E-state index in [2.05, 4.69) is 10.3 Å². The third-order valence-electron chi connectivity index (χ3n) is 4.80. The number of pyridine rings is 1. The third kappa shape index (κ3) is 3.53. The first kappa shape index (κ1) is 18.3. The van der Waals surface area contributed by atoms with Gasteiger partial charge in [-0.3, -0.25) is 9.78 Å². The molecule has 0 aliphatic carbocycles. The number of nitrogens with zero attached hydrogens (tertiary/aromatic N) is 2. The Hall–Kier alpha value is -3.06. The Balaban J connectivity index is 1.83. The molecule has 0 bridgehead atoms. The number of carbonyl (C=O) groups is 1. The van der Waals surface area contributed by atoms with Gasteiger partial charge in [-0.15, -0.1) is 0 Å². The SMILES string of the molecule is Cc1ccc(Nc2c(C(=O)N3CCOCC3)cnc3ccc(F)cc23)cc1F. The van der Waals surface area contributed by atoms with Gasteiger partial charge in [0.25, 0.3) is 5.91 Å². The number of nitrogens with one attached hydrogen (secondary N) is 1. The lowest BCUT2D eigenvalue weighted by Gasteiger charge is -2.28. The van der Waals surface area contributed by atoms with Gasteiger partial charge in [0, 0.05) is 30.4 Å². The van der Waals surface area contributed by atoms with Crippen molar-refractivity contribution in [1.82, 2.24) is 9.88 Å². The number of benzene rings is 2. The number of rotatable bonds is 3. The molecule has 1 amide bonds. The number of carbonyl (C=O) groups excluding carboxylic acids is 1. The quantitative estimate of drug-likeness (QED) is 0.742. The van der Waals surface area contributed by atoms with E-state index in [1.807, 2.05) is 0 Å². The maximum atomic E-state index is 14.0. The number of fused-ring (bicyclic) bond motifs is 1. The van der Waals surface area contributed by atoms with Crippen LogP contribution in [0.2, 0.25) is 0 Å². The Bertz CT molecular complexity index is 1050. The summed E-state index contributed by atoms with van der Waals surface area (Å²) in [6.07, 6.45) is 1.48. The van der Waals surface area contributed by atoms with Crippen LogP contribution in [-0.4, -0.2) is 42.1 Å². The highest BCUT2D eigenvalue weighted by molar-refractivity contribution is 6.08. The highest BCUT2D eigenvalue weighted by atomic mass is 19.1. The average molecular weight is 383 g/mol. The number of aromatic nitrogens is 1. The second-order valence-corrected chi connectivity index (χ2v) is 6.70. The summed E-state index contributed by atoms with van der Waals surface area (Å²) in [5.74, 6) is -1.03. The number of hydrogen-bond donors (Lipinski definition) is 1. The lowest BCUT2D eigenvalue weighted by atomic mass is 10.1. The molecule has 144 valence electrons. The van der Waals surface area contributed by atoms with Crippen LogP contribution in [0.25, 0.3) is 10.9 Å². The zero-order valence-electron chi connectivity index (χ0n) is 15.3. The van der Waals surface area contributed by atoms with Crippen molar-refractivity contribution in [3.05, 3.63) is 65.4 Å². The first-order valence-electron chi connectivity index (χ1n) is 9.01. The van der Waals surface area contributed by atoms with Crippen molar-refractivity contribution < 1.29 is 18.3 Å². The van der Waals surface area contributed by atoms with Gasteiger partial charge in [0.1, 0.15) is 11.6 Å². The maximum Gasteiger partial charge on any atom is 0.257 e. The fraction of sp³-hybridized carbons (Fsp3) is 0.238. The summed E-state index contributed by atoms with van der Waals surface area (Å²) in [5.41, 5.74) is 2.23. The van der Waals surface area contributed by atoms with Crippen LogP contribution in [0.4, 0.5) is 20.2 Å². The van der Waals surface area contributed by atoms with Gasteiger partial charge in [-0.25, -0.2) is 8.78 Å². The molecular formula is C21H19F2N3O2. The Kier molecular flexibility index (Phi) is 4.92. The van der Waals surface area contributed by atoms with E-state index in [0.717, 1.165) is 0 Å². The molecule has 2 aromatic carbocycles. The van der Waals surface area contributed by atoms with Gasteiger partial charge in [0.2, 0.25) is 0 Å². The smallest absolute Gasteiger partial charge is 0.257 e. The number of hydrogen-bond acceptors (Lipinski definition) is 4. The van der Waals surface area contributed by atoms with Gasteiger partial charge in [0.15, 0.2) is 0 Å². The van der Waals surface area contributed by atoms with E-state index in [1.54, 1.807) is 30.0 Å². The van der Waals surface area contributed by atoms with Gasteiger partial charge in [-0.1, -0.05) is 6.07 Å². The van der Waals surface area contributed by atoms with Gasteiger partial charge >= 0.3 is 0 Å². The predicted octanol–water partition coefficient (Wildman–Crippen LogP) is 4.04. The lowest BCUT2D eigenvalue weighted by molar-refractivity contribution is 0.0303. The van der Waals surface area contributed by atoms with Crippen molar-refractivity contribution in [2.45, 2.75) is 6.92 Å².